The SMILES string of the molecule is CCCCCCCOc1ccc(-c2cnc(-c3ccc(C[C@H](NC(=O)C4CCC(C(C)(C)C)CC4)C(=O)N[C@H](C)C(O)O)cc3)nc2)cc1. The highest BCUT2D eigenvalue weighted by molar-refractivity contribution is 5.89. The average molecular weight is 673 g/mol. The van der Waals surface area contributed by atoms with Crippen molar-refractivity contribution in [1.82, 2.24) is 20.6 Å². The third-order valence-corrected chi connectivity index (χ3v) is 9.78. The summed E-state index contributed by atoms with van der Waals surface area (Å²) in [5.74, 6) is 1.28. The number of carbonyl (C=O) groups is 2. The molecule has 1 fully saturated rings. The van der Waals surface area contributed by atoms with E-state index in [2.05, 4.69) is 48.3 Å². The number of amides is 2. The van der Waals surface area contributed by atoms with Crippen molar-refractivity contribution in [2.75, 3.05) is 6.61 Å². The maximum atomic E-state index is 13.3. The molecular weight excluding hydrogens is 616 g/mol. The maximum Gasteiger partial charge on any atom is 0.243 e. The number of carbonyl (C=O) groups excluding carboxylic acids is 2. The van der Waals surface area contributed by atoms with E-state index >= 15 is 0 Å². The molecule has 0 saturated heterocycles. The summed E-state index contributed by atoms with van der Waals surface area (Å²) >= 11 is 0. The van der Waals surface area contributed by atoms with E-state index in [0.717, 1.165) is 66.7 Å². The molecule has 0 radical (unpaired) electrons. The van der Waals surface area contributed by atoms with Crippen molar-refractivity contribution in [1.29, 1.82) is 0 Å². The van der Waals surface area contributed by atoms with Crippen LogP contribution in [0.25, 0.3) is 22.5 Å². The van der Waals surface area contributed by atoms with E-state index in [0.29, 0.717) is 11.7 Å². The fraction of sp³-hybridized carbons (Fsp3) is 0.550. The van der Waals surface area contributed by atoms with Gasteiger partial charge in [0.15, 0.2) is 12.1 Å². The van der Waals surface area contributed by atoms with Crippen molar-refractivity contribution in [3.63, 3.8) is 0 Å². The molecule has 1 saturated carbocycles. The number of ether oxygens (including phenoxy) is 1. The number of hydrogen-bond acceptors (Lipinski definition) is 7. The molecule has 49 heavy (non-hydrogen) atoms. The molecule has 4 N–H and O–H groups in total. The van der Waals surface area contributed by atoms with E-state index in [1.54, 1.807) is 12.4 Å². The van der Waals surface area contributed by atoms with E-state index < -0.39 is 24.3 Å². The Bertz CT molecular complexity index is 1440. The van der Waals surface area contributed by atoms with Crippen molar-refractivity contribution in [3.05, 3.63) is 66.5 Å². The third kappa shape index (κ3) is 11.6. The fourth-order valence-corrected chi connectivity index (χ4v) is 6.41. The quantitative estimate of drug-likeness (QED) is 0.0966. The Labute approximate surface area is 292 Å². The first-order valence-electron chi connectivity index (χ1n) is 18.1. The second kappa shape index (κ2) is 18.3. The highest BCUT2D eigenvalue weighted by atomic mass is 16.5. The Balaban J connectivity index is 1.36. The number of hydrogen-bond donors (Lipinski definition) is 4. The third-order valence-electron chi connectivity index (χ3n) is 9.78. The van der Waals surface area contributed by atoms with Gasteiger partial charge < -0.3 is 25.6 Å². The van der Waals surface area contributed by atoms with Gasteiger partial charge in [0.05, 0.1) is 12.6 Å². The first-order valence-corrected chi connectivity index (χ1v) is 18.1. The predicted octanol–water partition coefficient (Wildman–Crippen LogP) is 6.86. The highest BCUT2D eigenvalue weighted by Gasteiger charge is 2.34. The van der Waals surface area contributed by atoms with Crippen LogP contribution in [0.15, 0.2) is 60.9 Å². The Morgan fingerprint density at radius 1 is 0.837 bits per heavy atom. The first kappa shape index (κ1) is 38.0. The van der Waals surface area contributed by atoms with Crippen molar-refractivity contribution in [3.8, 4) is 28.3 Å². The number of benzene rings is 2. The number of nitrogens with zero attached hydrogens (tertiary/aromatic N) is 2. The van der Waals surface area contributed by atoms with Crippen LogP contribution in [0.1, 0.15) is 98.0 Å². The molecule has 1 aliphatic carbocycles. The highest BCUT2D eigenvalue weighted by Crippen LogP contribution is 2.40. The van der Waals surface area contributed by atoms with Crippen molar-refractivity contribution in [2.45, 2.75) is 117 Å². The summed E-state index contributed by atoms with van der Waals surface area (Å²) < 4.78 is 5.89. The molecule has 9 nitrogen and oxygen atoms in total. The van der Waals surface area contributed by atoms with E-state index in [1.165, 1.54) is 32.6 Å². The maximum absolute atomic E-state index is 13.3. The molecule has 9 heteroatoms. The summed E-state index contributed by atoms with van der Waals surface area (Å²) in [6.07, 6.45) is 11.8. The molecule has 2 amide bonds. The van der Waals surface area contributed by atoms with Crippen LogP contribution < -0.4 is 15.4 Å². The molecule has 2 atom stereocenters. The second-order valence-corrected chi connectivity index (χ2v) is 14.7. The van der Waals surface area contributed by atoms with Crippen LogP contribution in [0.3, 0.4) is 0 Å². The molecule has 1 aliphatic rings. The molecule has 0 bridgehead atoms. The number of aliphatic hydroxyl groups excluding tert-OH is 1. The minimum absolute atomic E-state index is 0.130. The van der Waals surface area contributed by atoms with E-state index in [4.69, 9.17) is 4.74 Å². The van der Waals surface area contributed by atoms with Crippen LogP contribution in [-0.4, -0.2) is 57.0 Å². The zero-order chi connectivity index (χ0) is 35.4. The summed E-state index contributed by atoms with van der Waals surface area (Å²) in [6, 6.07) is 13.9. The summed E-state index contributed by atoms with van der Waals surface area (Å²) in [4.78, 5) is 35.8. The second-order valence-electron chi connectivity index (χ2n) is 14.7. The van der Waals surface area contributed by atoms with Crippen LogP contribution in [-0.2, 0) is 16.0 Å². The summed E-state index contributed by atoms with van der Waals surface area (Å²) in [5.41, 5.74) is 3.80. The van der Waals surface area contributed by atoms with Gasteiger partial charge in [-0.1, -0.05) is 89.8 Å². The number of aromatic nitrogens is 2. The molecule has 0 spiro atoms. The molecule has 1 aromatic heterocycles. The zero-order valence-corrected chi connectivity index (χ0v) is 30.0. The van der Waals surface area contributed by atoms with Crippen molar-refractivity contribution in [2.24, 2.45) is 17.3 Å². The molecule has 0 aliphatic heterocycles. The zero-order valence-electron chi connectivity index (χ0n) is 30.0. The monoisotopic (exact) mass is 672 g/mol. The lowest BCUT2D eigenvalue weighted by Gasteiger charge is -2.36. The van der Waals surface area contributed by atoms with Crippen LogP contribution >= 0.6 is 0 Å². The number of aliphatic hydroxyl groups is 2. The van der Waals surface area contributed by atoms with Crippen LogP contribution in [0.2, 0.25) is 0 Å². The van der Waals surface area contributed by atoms with Crippen molar-refractivity contribution < 1.29 is 24.5 Å². The van der Waals surface area contributed by atoms with Crippen LogP contribution in [0.5, 0.6) is 5.75 Å². The molecule has 1 heterocycles. The lowest BCUT2D eigenvalue weighted by Crippen LogP contribution is -2.53. The van der Waals surface area contributed by atoms with E-state index in [9.17, 15) is 19.8 Å². The molecule has 0 unspecified atom stereocenters. The molecule has 4 rings (SSSR count). The molecular formula is C40H56N4O5. The van der Waals surface area contributed by atoms with Gasteiger partial charge in [-0.25, -0.2) is 9.97 Å². The molecule has 3 aromatic rings. The number of unbranched alkanes of at least 4 members (excludes halogenated alkanes) is 4. The Morgan fingerprint density at radius 2 is 1.45 bits per heavy atom. The van der Waals surface area contributed by atoms with Gasteiger partial charge >= 0.3 is 0 Å². The molecule has 2 aromatic carbocycles. The smallest absolute Gasteiger partial charge is 0.243 e. The van der Waals surface area contributed by atoms with E-state index in [-0.39, 0.29) is 23.7 Å². The Hall–Kier alpha value is -3.82. The van der Waals surface area contributed by atoms with Gasteiger partial charge in [0.25, 0.3) is 0 Å². The Kier molecular flexibility index (Phi) is 14.2. The van der Waals surface area contributed by atoms with Gasteiger partial charge in [-0.2, -0.15) is 0 Å². The lowest BCUT2D eigenvalue weighted by atomic mass is 9.69. The van der Waals surface area contributed by atoms with Crippen molar-refractivity contribution >= 4 is 11.8 Å². The lowest BCUT2D eigenvalue weighted by molar-refractivity contribution is -0.134. The minimum Gasteiger partial charge on any atom is -0.494 e. The van der Waals surface area contributed by atoms with Gasteiger partial charge in [-0.05, 0) is 73.6 Å². The molecule has 266 valence electrons. The predicted molar refractivity (Wildman–Crippen MR) is 194 cm³/mol. The standard InChI is InChI=1S/C40H56N4O5/c1-6-7-8-9-10-23-49-34-21-17-29(18-22-34)32-25-41-36(42-26-32)30-13-11-28(12-14-30)24-35(38(46)43-27(2)39(47)48)44-37(45)31-15-19-33(20-16-31)40(3,4)5/h11-14,17-18,21-22,25-27,31,33,35,39,47-48H,6-10,15-16,19-20,23-24H2,1-5H3,(H,43,46)(H,44,45)/t27-,31?,33?,35+/m1/s1. The topological polar surface area (TPSA) is 134 Å². The van der Waals surface area contributed by atoms with Gasteiger partial charge in [0, 0.05) is 35.9 Å². The summed E-state index contributed by atoms with van der Waals surface area (Å²) in [6.45, 7) is 11.2. The Morgan fingerprint density at radius 3 is 2.04 bits per heavy atom. The summed E-state index contributed by atoms with van der Waals surface area (Å²) in [7, 11) is 0. The van der Waals surface area contributed by atoms with E-state index in [1.807, 2.05) is 48.5 Å². The number of rotatable bonds is 16. The van der Waals surface area contributed by atoms with Gasteiger partial charge in [-0.3, -0.25) is 9.59 Å². The number of nitrogens with one attached hydrogen (secondary N) is 2. The summed E-state index contributed by atoms with van der Waals surface area (Å²) in [5, 5.41) is 24.7. The van der Waals surface area contributed by atoms with Crippen LogP contribution in [0.4, 0.5) is 0 Å². The normalized spacial score (nSPS) is 17.7. The average Bonchev–Trinajstić information content (AvgIpc) is 3.09. The largest absolute Gasteiger partial charge is 0.494 e. The van der Waals surface area contributed by atoms with Gasteiger partial charge in [-0.15, -0.1) is 0 Å². The van der Waals surface area contributed by atoms with Gasteiger partial charge in [0.2, 0.25) is 11.8 Å². The fourth-order valence-electron chi connectivity index (χ4n) is 6.41. The minimum atomic E-state index is -1.71. The first-order chi connectivity index (χ1) is 23.4. The van der Waals surface area contributed by atoms with Crippen LogP contribution in [0, 0.1) is 17.3 Å². The van der Waals surface area contributed by atoms with Gasteiger partial charge in [0.1, 0.15) is 11.8 Å².